The molecule has 5 aromatic rings. The summed E-state index contributed by atoms with van der Waals surface area (Å²) in [6.45, 7) is 0. The van der Waals surface area contributed by atoms with Gasteiger partial charge in [-0.3, -0.25) is 35.3 Å². The molecule has 0 bridgehead atoms. The maximum absolute atomic E-state index is 12.8. The molecule has 196 valence electrons. The van der Waals surface area contributed by atoms with Crippen LogP contribution in [0, 0.1) is 10.1 Å². The lowest BCUT2D eigenvalue weighted by Crippen LogP contribution is -2.41. The number of nitrogens with zero attached hydrogens (tertiary/aromatic N) is 1. The van der Waals surface area contributed by atoms with Gasteiger partial charge in [0, 0.05) is 48.6 Å². The van der Waals surface area contributed by atoms with E-state index in [-0.39, 0.29) is 21.2 Å². The Kier molecular flexibility index (Phi) is 7.43. The predicted octanol–water partition coefficient (Wildman–Crippen LogP) is 7.31. The van der Waals surface area contributed by atoms with E-state index in [4.69, 9.17) is 34.8 Å². The maximum Gasteiger partial charge on any atom is 0.281 e. The number of carbonyl (C=O) groups is 3. The number of rotatable bonds is 5. The average Bonchev–Trinajstić information content (AvgIpc) is 3.43. The molecule has 0 spiro atoms. The highest BCUT2D eigenvalue weighted by molar-refractivity contribution is 7.22. The number of anilines is 1. The van der Waals surface area contributed by atoms with Crippen molar-refractivity contribution in [2.75, 3.05) is 5.32 Å². The van der Waals surface area contributed by atoms with Gasteiger partial charge in [0.05, 0.1) is 15.0 Å². The van der Waals surface area contributed by atoms with Crippen molar-refractivity contribution in [2.45, 2.75) is 0 Å². The molecule has 2 heterocycles. The van der Waals surface area contributed by atoms with Gasteiger partial charge in [0.2, 0.25) is 0 Å². The Morgan fingerprint density at radius 2 is 1.28 bits per heavy atom. The van der Waals surface area contributed by atoms with Crippen LogP contribution >= 0.6 is 57.5 Å². The summed E-state index contributed by atoms with van der Waals surface area (Å²) in [6, 6.07) is 15.3. The van der Waals surface area contributed by atoms with Gasteiger partial charge >= 0.3 is 0 Å². The second kappa shape index (κ2) is 10.8. The first kappa shape index (κ1) is 26.9. The molecule has 2 aromatic heterocycles. The van der Waals surface area contributed by atoms with E-state index in [2.05, 4.69) is 16.2 Å². The Morgan fingerprint density at radius 1 is 0.718 bits per heavy atom. The standard InChI is InChI=1S/C25H13Cl3N4O5S2/c26-12-3-7-15-17(9-12)38-21(19(15)27)24(34)29-13-4-1-11(2-5-13)23(33)30-31-25(35)22-20(28)16-8-6-14(32(36)37)10-18(16)39-22/h1-10H,(H,29,34)(H,30,33)(H,31,35). The van der Waals surface area contributed by atoms with Crippen LogP contribution in [0.4, 0.5) is 11.4 Å². The monoisotopic (exact) mass is 618 g/mol. The summed E-state index contributed by atoms with van der Waals surface area (Å²) in [5, 5.41) is 15.9. The molecule has 3 N–H and O–H groups in total. The van der Waals surface area contributed by atoms with Crippen molar-refractivity contribution in [3.63, 3.8) is 0 Å². The molecule has 0 radical (unpaired) electrons. The van der Waals surface area contributed by atoms with E-state index in [9.17, 15) is 24.5 Å². The molecule has 0 saturated heterocycles. The summed E-state index contributed by atoms with van der Waals surface area (Å²) < 4.78 is 1.24. The number of nitro benzene ring substituents is 1. The molecule has 0 fully saturated rings. The molecule has 3 amide bonds. The number of thiophene rings is 2. The number of fused-ring (bicyclic) bond motifs is 2. The SMILES string of the molecule is O=C(NNC(=O)c1sc2cc([N+](=O)[O-])ccc2c1Cl)c1ccc(NC(=O)c2sc3cc(Cl)ccc3c2Cl)cc1. The fourth-order valence-electron chi connectivity index (χ4n) is 3.63. The molecular weight excluding hydrogens is 607 g/mol. The largest absolute Gasteiger partial charge is 0.321 e. The van der Waals surface area contributed by atoms with Gasteiger partial charge in [-0.1, -0.05) is 40.9 Å². The number of carbonyl (C=O) groups excluding carboxylic acids is 3. The minimum absolute atomic E-state index is 0.0905. The zero-order chi connectivity index (χ0) is 27.8. The van der Waals surface area contributed by atoms with Crippen molar-refractivity contribution in [2.24, 2.45) is 0 Å². The lowest BCUT2D eigenvalue weighted by molar-refractivity contribution is -0.384. The summed E-state index contributed by atoms with van der Waals surface area (Å²) >= 11 is 20.9. The molecule has 14 heteroatoms. The molecule has 0 aliphatic carbocycles. The highest BCUT2D eigenvalue weighted by Gasteiger charge is 2.21. The van der Waals surface area contributed by atoms with Gasteiger partial charge in [-0.25, -0.2) is 0 Å². The summed E-state index contributed by atoms with van der Waals surface area (Å²) in [5.41, 5.74) is 5.10. The smallest absolute Gasteiger partial charge is 0.281 e. The van der Waals surface area contributed by atoms with Crippen molar-refractivity contribution in [1.82, 2.24) is 10.9 Å². The highest BCUT2D eigenvalue weighted by Crippen LogP contribution is 2.38. The number of hydrogen-bond donors (Lipinski definition) is 3. The number of amides is 3. The fraction of sp³-hybridized carbons (Fsp3) is 0. The van der Waals surface area contributed by atoms with Crippen LogP contribution in [-0.4, -0.2) is 22.6 Å². The average molecular weight is 620 g/mol. The normalized spacial score (nSPS) is 10.9. The number of nitrogens with one attached hydrogen (secondary N) is 3. The molecular formula is C25H13Cl3N4O5S2. The van der Waals surface area contributed by atoms with E-state index in [1.54, 1.807) is 18.2 Å². The van der Waals surface area contributed by atoms with Crippen molar-refractivity contribution in [1.29, 1.82) is 0 Å². The van der Waals surface area contributed by atoms with Crippen LogP contribution in [0.25, 0.3) is 20.2 Å². The Hall–Kier alpha value is -3.74. The van der Waals surface area contributed by atoms with Crippen molar-refractivity contribution in [3.05, 3.63) is 101 Å². The zero-order valence-corrected chi connectivity index (χ0v) is 23.1. The van der Waals surface area contributed by atoms with Crippen molar-refractivity contribution in [3.8, 4) is 0 Å². The molecule has 0 aliphatic heterocycles. The molecule has 0 unspecified atom stereocenters. The second-order valence-corrected chi connectivity index (χ2v) is 11.3. The van der Waals surface area contributed by atoms with Crippen LogP contribution in [0.5, 0.6) is 0 Å². The van der Waals surface area contributed by atoms with E-state index in [0.717, 1.165) is 21.4 Å². The Bertz CT molecular complexity index is 1820. The molecule has 9 nitrogen and oxygen atoms in total. The fourth-order valence-corrected chi connectivity index (χ4v) is 6.77. The van der Waals surface area contributed by atoms with Crippen LogP contribution in [0.1, 0.15) is 29.7 Å². The van der Waals surface area contributed by atoms with Gasteiger partial charge in [0.25, 0.3) is 23.4 Å². The summed E-state index contributed by atoms with van der Waals surface area (Å²) in [4.78, 5) is 48.8. The number of benzene rings is 3. The minimum atomic E-state index is -0.678. The lowest BCUT2D eigenvalue weighted by Gasteiger charge is -2.08. The molecule has 39 heavy (non-hydrogen) atoms. The predicted molar refractivity (Wildman–Crippen MR) is 155 cm³/mol. The van der Waals surface area contributed by atoms with E-state index in [0.29, 0.717) is 30.7 Å². The third-order valence-corrected chi connectivity index (χ3v) is 9.07. The van der Waals surface area contributed by atoms with Gasteiger partial charge < -0.3 is 5.32 Å². The number of halogens is 3. The van der Waals surface area contributed by atoms with Gasteiger partial charge in [-0.05, 0) is 42.5 Å². The quantitative estimate of drug-likeness (QED) is 0.140. The van der Waals surface area contributed by atoms with E-state index in [1.165, 1.54) is 53.8 Å². The molecule has 0 saturated carbocycles. The number of nitro groups is 1. The van der Waals surface area contributed by atoms with Crippen LogP contribution < -0.4 is 16.2 Å². The van der Waals surface area contributed by atoms with Gasteiger partial charge in [0.15, 0.2) is 0 Å². The van der Waals surface area contributed by atoms with E-state index >= 15 is 0 Å². The van der Waals surface area contributed by atoms with Crippen LogP contribution in [-0.2, 0) is 0 Å². The summed E-state index contributed by atoms with van der Waals surface area (Å²) in [6.07, 6.45) is 0. The zero-order valence-electron chi connectivity index (χ0n) is 19.2. The summed E-state index contributed by atoms with van der Waals surface area (Å²) in [5.74, 6) is -1.70. The van der Waals surface area contributed by atoms with Gasteiger partial charge in [-0.15, -0.1) is 22.7 Å². The first-order chi connectivity index (χ1) is 18.6. The van der Waals surface area contributed by atoms with Crippen LogP contribution in [0.3, 0.4) is 0 Å². The first-order valence-corrected chi connectivity index (χ1v) is 13.6. The third-order valence-electron chi connectivity index (χ3n) is 5.52. The van der Waals surface area contributed by atoms with Crippen LogP contribution in [0.15, 0.2) is 60.7 Å². The number of hydrazine groups is 1. The highest BCUT2D eigenvalue weighted by atomic mass is 35.5. The van der Waals surface area contributed by atoms with Gasteiger partial charge in [0.1, 0.15) is 9.75 Å². The number of hydrogen-bond acceptors (Lipinski definition) is 7. The van der Waals surface area contributed by atoms with Crippen molar-refractivity contribution >= 4 is 107 Å². The molecule has 5 rings (SSSR count). The lowest BCUT2D eigenvalue weighted by atomic mass is 10.2. The van der Waals surface area contributed by atoms with E-state index < -0.39 is 22.6 Å². The second-order valence-electron chi connectivity index (χ2n) is 8.01. The molecule has 3 aromatic carbocycles. The maximum atomic E-state index is 12.8. The Balaban J connectivity index is 1.22. The number of non-ortho nitro benzene ring substituents is 1. The minimum Gasteiger partial charge on any atom is -0.321 e. The first-order valence-electron chi connectivity index (χ1n) is 10.9. The topological polar surface area (TPSA) is 130 Å². The van der Waals surface area contributed by atoms with Crippen LogP contribution in [0.2, 0.25) is 15.1 Å². The van der Waals surface area contributed by atoms with E-state index in [1.807, 2.05) is 0 Å². The van der Waals surface area contributed by atoms with Gasteiger partial charge in [-0.2, -0.15) is 0 Å². The third kappa shape index (κ3) is 5.40. The molecule has 0 atom stereocenters. The Morgan fingerprint density at radius 3 is 1.92 bits per heavy atom. The van der Waals surface area contributed by atoms with Crippen molar-refractivity contribution < 1.29 is 19.3 Å². The molecule has 0 aliphatic rings. The Labute approximate surface area is 242 Å². The summed E-state index contributed by atoms with van der Waals surface area (Å²) in [7, 11) is 0.